The Balaban J connectivity index is 2.14. The first-order valence-electron chi connectivity index (χ1n) is 6.60. The van der Waals surface area contributed by atoms with Crippen LogP contribution in [0.2, 0.25) is 0 Å². The summed E-state index contributed by atoms with van der Waals surface area (Å²) in [6, 6.07) is 1.18. The lowest BCUT2D eigenvalue weighted by atomic mass is 10.1. The van der Waals surface area contributed by atoms with Crippen LogP contribution in [0.4, 0.5) is 5.13 Å². The fourth-order valence-electron chi connectivity index (χ4n) is 2.43. The van der Waals surface area contributed by atoms with E-state index >= 15 is 0 Å². The maximum atomic E-state index is 4.73. The van der Waals surface area contributed by atoms with Crippen LogP contribution in [0.1, 0.15) is 24.4 Å². The average molecular weight is 268 g/mol. The standard InChI is InChI=1S/C13H24N4S/c1-9-7-17(8-10(2)16(9)5)13-15-11(3)12(18-13)6-14-4/h9-10,14H,6-8H2,1-5H3. The summed E-state index contributed by atoms with van der Waals surface area (Å²) in [4.78, 5) is 11.0. The Labute approximate surface area is 114 Å². The monoisotopic (exact) mass is 268 g/mol. The number of aryl methyl sites for hydroxylation is 1. The molecule has 0 bridgehead atoms. The number of nitrogens with one attached hydrogen (secondary N) is 1. The van der Waals surface area contributed by atoms with E-state index in [4.69, 9.17) is 4.98 Å². The predicted molar refractivity (Wildman–Crippen MR) is 78.5 cm³/mol. The van der Waals surface area contributed by atoms with Crippen molar-refractivity contribution in [1.29, 1.82) is 0 Å². The third-order valence-corrected chi connectivity index (χ3v) is 5.07. The Hall–Kier alpha value is -0.650. The Kier molecular flexibility index (Phi) is 4.25. The van der Waals surface area contributed by atoms with Crippen molar-refractivity contribution in [2.75, 3.05) is 32.1 Å². The number of aromatic nitrogens is 1. The van der Waals surface area contributed by atoms with E-state index in [0.29, 0.717) is 12.1 Å². The highest BCUT2D eigenvalue weighted by Gasteiger charge is 2.28. The first-order valence-corrected chi connectivity index (χ1v) is 7.42. The van der Waals surface area contributed by atoms with Crippen LogP contribution in [0, 0.1) is 6.92 Å². The summed E-state index contributed by atoms with van der Waals surface area (Å²) in [7, 11) is 4.20. The van der Waals surface area contributed by atoms with Gasteiger partial charge in [-0.15, -0.1) is 11.3 Å². The summed E-state index contributed by atoms with van der Waals surface area (Å²) in [5.74, 6) is 0. The number of hydrogen-bond donors (Lipinski definition) is 1. The van der Waals surface area contributed by atoms with Crippen LogP contribution < -0.4 is 10.2 Å². The van der Waals surface area contributed by atoms with Gasteiger partial charge in [0.05, 0.1) is 5.69 Å². The molecule has 0 aliphatic carbocycles. The Bertz CT molecular complexity index is 392. The van der Waals surface area contributed by atoms with E-state index in [1.54, 1.807) is 0 Å². The highest BCUT2D eigenvalue weighted by atomic mass is 32.1. The van der Waals surface area contributed by atoms with Crippen LogP contribution in [0.25, 0.3) is 0 Å². The van der Waals surface area contributed by atoms with Crippen molar-refractivity contribution >= 4 is 16.5 Å². The van der Waals surface area contributed by atoms with E-state index in [2.05, 4.69) is 42.9 Å². The molecule has 0 amide bonds. The lowest BCUT2D eigenvalue weighted by Gasteiger charge is -2.42. The van der Waals surface area contributed by atoms with Crippen molar-refractivity contribution in [1.82, 2.24) is 15.2 Å². The van der Waals surface area contributed by atoms with Crippen molar-refractivity contribution < 1.29 is 0 Å². The summed E-state index contributed by atoms with van der Waals surface area (Å²) in [6.07, 6.45) is 0. The van der Waals surface area contributed by atoms with E-state index in [1.165, 1.54) is 15.7 Å². The molecule has 1 aliphatic rings. The molecule has 1 fully saturated rings. The van der Waals surface area contributed by atoms with E-state index < -0.39 is 0 Å². The molecule has 102 valence electrons. The first kappa shape index (κ1) is 13.8. The van der Waals surface area contributed by atoms with Crippen LogP contribution in [-0.2, 0) is 6.54 Å². The molecular weight excluding hydrogens is 244 g/mol. The second-order valence-corrected chi connectivity index (χ2v) is 6.37. The van der Waals surface area contributed by atoms with Crippen LogP contribution in [0.5, 0.6) is 0 Å². The smallest absolute Gasteiger partial charge is 0.185 e. The lowest BCUT2D eigenvalue weighted by Crippen LogP contribution is -2.55. The summed E-state index contributed by atoms with van der Waals surface area (Å²) in [6.45, 7) is 9.76. The molecule has 1 aromatic rings. The number of likely N-dealkylation sites (N-methyl/N-ethyl adjacent to an activating group) is 1. The summed E-state index contributed by atoms with van der Waals surface area (Å²) in [5.41, 5.74) is 1.17. The topological polar surface area (TPSA) is 31.4 Å². The molecule has 1 aromatic heterocycles. The van der Waals surface area contributed by atoms with Gasteiger partial charge in [-0.2, -0.15) is 0 Å². The number of thiazole rings is 1. The second-order valence-electron chi connectivity index (χ2n) is 5.30. The van der Waals surface area contributed by atoms with E-state index in [9.17, 15) is 0 Å². The highest BCUT2D eigenvalue weighted by Crippen LogP contribution is 2.28. The van der Waals surface area contributed by atoms with Crippen LogP contribution in [0.3, 0.4) is 0 Å². The van der Waals surface area contributed by atoms with Crippen LogP contribution >= 0.6 is 11.3 Å². The Morgan fingerprint density at radius 1 is 1.33 bits per heavy atom. The SMILES string of the molecule is CNCc1sc(N2CC(C)N(C)C(C)C2)nc1C. The molecule has 2 atom stereocenters. The van der Waals surface area contributed by atoms with Gasteiger partial charge in [-0.3, -0.25) is 4.90 Å². The molecule has 1 aliphatic heterocycles. The molecule has 18 heavy (non-hydrogen) atoms. The van der Waals surface area contributed by atoms with Crippen LogP contribution in [0.15, 0.2) is 0 Å². The molecule has 0 aromatic carbocycles. The minimum absolute atomic E-state index is 0.589. The van der Waals surface area contributed by atoms with Gasteiger partial charge < -0.3 is 10.2 Å². The minimum Gasteiger partial charge on any atom is -0.345 e. The lowest BCUT2D eigenvalue weighted by molar-refractivity contribution is 0.170. The number of piperazine rings is 1. The van der Waals surface area contributed by atoms with Gasteiger partial charge in [-0.25, -0.2) is 4.98 Å². The van der Waals surface area contributed by atoms with Gasteiger partial charge in [0, 0.05) is 36.6 Å². The third-order valence-electron chi connectivity index (χ3n) is 3.85. The van der Waals surface area contributed by atoms with Gasteiger partial charge in [0.15, 0.2) is 5.13 Å². The van der Waals surface area contributed by atoms with Crippen molar-refractivity contribution in [3.8, 4) is 0 Å². The van der Waals surface area contributed by atoms with Crippen molar-refractivity contribution in [2.24, 2.45) is 0 Å². The van der Waals surface area contributed by atoms with Crippen molar-refractivity contribution in [3.63, 3.8) is 0 Å². The maximum Gasteiger partial charge on any atom is 0.185 e. The molecule has 2 unspecified atom stereocenters. The predicted octanol–water partition coefficient (Wildman–Crippen LogP) is 1.70. The molecule has 4 nitrogen and oxygen atoms in total. The van der Waals surface area contributed by atoms with Crippen molar-refractivity contribution in [3.05, 3.63) is 10.6 Å². The Morgan fingerprint density at radius 2 is 1.94 bits per heavy atom. The third kappa shape index (κ3) is 2.68. The number of hydrogen-bond acceptors (Lipinski definition) is 5. The van der Waals surface area contributed by atoms with E-state index in [1.807, 2.05) is 18.4 Å². The zero-order chi connectivity index (χ0) is 13.3. The second kappa shape index (κ2) is 5.55. The number of anilines is 1. The van der Waals surface area contributed by atoms with E-state index in [-0.39, 0.29) is 0 Å². The summed E-state index contributed by atoms with van der Waals surface area (Å²) >= 11 is 1.83. The fraction of sp³-hybridized carbons (Fsp3) is 0.769. The molecule has 2 heterocycles. The quantitative estimate of drug-likeness (QED) is 0.904. The normalized spacial score (nSPS) is 25.7. The zero-order valence-corrected chi connectivity index (χ0v) is 12.8. The largest absolute Gasteiger partial charge is 0.345 e. The maximum absolute atomic E-state index is 4.73. The summed E-state index contributed by atoms with van der Waals surface area (Å²) in [5, 5.41) is 4.39. The van der Waals surface area contributed by atoms with Gasteiger partial charge in [-0.1, -0.05) is 0 Å². The van der Waals surface area contributed by atoms with Gasteiger partial charge in [0.25, 0.3) is 0 Å². The molecule has 5 heteroatoms. The minimum atomic E-state index is 0.589. The zero-order valence-electron chi connectivity index (χ0n) is 12.0. The van der Waals surface area contributed by atoms with Gasteiger partial charge in [0.2, 0.25) is 0 Å². The first-order chi connectivity index (χ1) is 8.52. The van der Waals surface area contributed by atoms with E-state index in [0.717, 1.165) is 19.6 Å². The molecule has 0 saturated carbocycles. The van der Waals surface area contributed by atoms with Crippen LogP contribution in [-0.4, -0.2) is 49.2 Å². The van der Waals surface area contributed by atoms with Crippen molar-refractivity contribution in [2.45, 2.75) is 39.4 Å². The molecule has 1 saturated heterocycles. The molecule has 0 spiro atoms. The van der Waals surface area contributed by atoms with Gasteiger partial charge in [-0.05, 0) is 34.9 Å². The average Bonchev–Trinajstić information content (AvgIpc) is 2.68. The molecule has 1 N–H and O–H groups in total. The van der Waals surface area contributed by atoms with Gasteiger partial charge in [0.1, 0.15) is 0 Å². The summed E-state index contributed by atoms with van der Waals surface area (Å²) < 4.78 is 0. The molecular formula is C13H24N4S. The number of nitrogens with zero attached hydrogens (tertiary/aromatic N) is 3. The molecule has 2 rings (SSSR count). The van der Waals surface area contributed by atoms with Gasteiger partial charge >= 0.3 is 0 Å². The fourth-order valence-corrected chi connectivity index (χ4v) is 3.52. The number of rotatable bonds is 3. The highest BCUT2D eigenvalue weighted by molar-refractivity contribution is 7.15. The Morgan fingerprint density at radius 3 is 2.50 bits per heavy atom. The molecule has 0 radical (unpaired) electrons.